The van der Waals surface area contributed by atoms with Crippen molar-refractivity contribution in [3.63, 3.8) is 0 Å². The predicted molar refractivity (Wildman–Crippen MR) is 159 cm³/mol. The Balaban J connectivity index is 1.16. The van der Waals surface area contributed by atoms with Crippen molar-refractivity contribution in [1.29, 1.82) is 0 Å². The summed E-state index contributed by atoms with van der Waals surface area (Å²) in [4.78, 5) is 26.7. The summed E-state index contributed by atoms with van der Waals surface area (Å²) < 4.78 is 0.480. The van der Waals surface area contributed by atoms with Gasteiger partial charge in [0.1, 0.15) is 11.3 Å². The number of phenolic OH excluding ortho intramolecular Hbond substituents is 1. The van der Waals surface area contributed by atoms with E-state index in [9.17, 15) is 19.8 Å². The van der Waals surface area contributed by atoms with E-state index in [2.05, 4.69) is 64.1 Å². The molecule has 1 amide bonds. The molecule has 5 N–H and O–H groups in total. The van der Waals surface area contributed by atoms with E-state index in [1.807, 2.05) is 36.4 Å². The second-order valence-electron chi connectivity index (χ2n) is 9.71. The molecular weight excluding hydrogens is 522 g/mol. The van der Waals surface area contributed by atoms with Gasteiger partial charge in [-0.25, -0.2) is 0 Å². The third kappa shape index (κ3) is 6.66. The molecule has 5 rings (SSSR count). The van der Waals surface area contributed by atoms with Crippen molar-refractivity contribution in [2.24, 2.45) is 0 Å². The van der Waals surface area contributed by atoms with Crippen molar-refractivity contribution >= 4 is 27.5 Å². The van der Waals surface area contributed by atoms with Crippen molar-refractivity contribution < 1.29 is 15.0 Å². The molecule has 0 bridgehead atoms. The van der Waals surface area contributed by atoms with Crippen molar-refractivity contribution in [1.82, 2.24) is 15.6 Å². The van der Waals surface area contributed by atoms with Crippen LogP contribution in [0.5, 0.6) is 5.75 Å². The molecule has 204 valence electrons. The Morgan fingerprint density at radius 3 is 2.23 bits per heavy atom. The number of aliphatic hydroxyl groups excluding tert-OH is 1. The molecular formula is C32H31N3O4S. The van der Waals surface area contributed by atoms with Gasteiger partial charge in [-0.2, -0.15) is 0 Å². The largest absolute Gasteiger partial charge is 0.506 e. The number of aromatic amines is 1. The number of hydrogen-bond acceptors (Lipinski definition) is 6. The van der Waals surface area contributed by atoms with E-state index in [0.717, 1.165) is 29.0 Å². The van der Waals surface area contributed by atoms with E-state index >= 15 is 0 Å². The molecule has 4 aromatic carbocycles. The number of fused-ring (bicyclic) bond motifs is 1. The van der Waals surface area contributed by atoms with Crippen molar-refractivity contribution in [2.45, 2.75) is 25.0 Å². The van der Waals surface area contributed by atoms with Gasteiger partial charge < -0.3 is 25.8 Å². The van der Waals surface area contributed by atoms with Crippen LogP contribution in [0.1, 0.15) is 39.8 Å². The molecule has 0 saturated carbocycles. The quantitative estimate of drug-likeness (QED) is 0.164. The fourth-order valence-electron chi connectivity index (χ4n) is 4.88. The molecule has 40 heavy (non-hydrogen) atoms. The molecule has 0 aliphatic heterocycles. The Labute approximate surface area is 236 Å². The molecule has 0 aliphatic rings. The second kappa shape index (κ2) is 12.7. The van der Waals surface area contributed by atoms with Crippen LogP contribution in [0.4, 0.5) is 0 Å². The summed E-state index contributed by atoms with van der Waals surface area (Å²) in [5.74, 6) is -0.0436. The zero-order valence-electron chi connectivity index (χ0n) is 21.8. The summed E-state index contributed by atoms with van der Waals surface area (Å²) in [5.41, 5.74) is 5.25. The van der Waals surface area contributed by atoms with Crippen molar-refractivity contribution in [2.75, 3.05) is 13.1 Å². The highest BCUT2D eigenvalue weighted by molar-refractivity contribution is 7.16. The van der Waals surface area contributed by atoms with Crippen LogP contribution in [0.15, 0.2) is 102 Å². The molecule has 0 aliphatic carbocycles. The Kier molecular flexibility index (Phi) is 8.71. The summed E-state index contributed by atoms with van der Waals surface area (Å²) >= 11 is 0.915. The third-order valence-electron chi connectivity index (χ3n) is 6.88. The summed E-state index contributed by atoms with van der Waals surface area (Å²) in [6.07, 6.45) is -0.837. The van der Waals surface area contributed by atoms with E-state index in [0.29, 0.717) is 22.3 Å². The minimum Gasteiger partial charge on any atom is -0.506 e. The highest BCUT2D eigenvalue weighted by atomic mass is 32.1. The van der Waals surface area contributed by atoms with E-state index in [1.54, 1.807) is 6.07 Å². The molecule has 1 heterocycles. The SMILES string of the molecule is O=C(Cc1cccc(CNCC(c2ccccc2)c2ccccc2)c1)NC[C@H](O)c1ccc(O)c2[nH]c(=O)sc12. The number of rotatable bonds is 11. The molecule has 0 saturated heterocycles. The van der Waals surface area contributed by atoms with Gasteiger partial charge in [-0.15, -0.1) is 0 Å². The van der Waals surface area contributed by atoms with Crippen LogP contribution < -0.4 is 15.5 Å². The molecule has 0 fully saturated rings. The highest BCUT2D eigenvalue weighted by Crippen LogP contribution is 2.31. The monoisotopic (exact) mass is 553 g/mol. The van der Waals surface area contributed by atoms with Gasteiger partial charge in [-0.1, -0.05) is 102 Å². The minimum atomic E-state index is -1.02. The number of thiazole rings is 1. The number of carbonyl (C=O) groups excluding carboxylic acids is 1. The Bertz CT molecular complexity index is 1590. The molecule has 1 atom stereocenters. The molecule has 1 aromatic heterocycles. The lowest BCUT2D eigenvalue weighted by molar-refractivity contribution is -0.120. The maximum Gasteiger partial charge on any atom is 0.305 e. The van der Waals surface area contributed by atoms with Gasteiger partial charge in [0.05, 0.1) is 17.2 Å². The number of aromatic nitrogens is 1. The maximum atomic E-state index is 12.7. The number of benzene rings is 4. The zero-order valence-corrected chi connectivity index (χ0v) is 22.7. The smallest absolute Gasteiger partial charge is 0.305 e. The van der Waals surface area contributed by atoms with Gasteiger partial charge in [-0.05, 0) is 28.3 Å². The van der Waals surface area contributed by atoms with Gasteiger partial charge in [0.15, 0.2) is 0 Å². The number of carbonyl (C=O) groups is 1. The predicted octanol–water partition coefficient (Wildman–Crippen LogP) is 4.61. The third-order valence-corrected chi connectivity index (χ3v) is 7.81. The Hall–Kier alpha value is -4.24. The van der Waals surface area contributed by atoms with Gasteiger partial charge in [0, 0.05) is 31.1 Å². The Morgan fingerprint density at radius 1 is 0.850 bits per heavy atom. The molecule has 8 heteroatoms. The molecule has 0 radical (unpaired) electrons. The first-order valence-electron chi connectivity index (χ1n) is 13.2. The van der Waals surface area contributed by atoms with Gasteiger partial charge in [-0.3, -0.25) is 9.59 Å². The summed E-state index contributed by atoms with van der Waals surface area (Å²) in [7, 11) is 0. The van der Waals surface area contributed by atoms with Crippen LogP contribution in [0.3, 0.4) is 0 Å². The molecule has 0 unspecified atom stereocenters. The molecule has 7 nitrogen and oxygen atoms in total. The normalized spacial score (nSPS) is 12.1. The topological polar surface area (TPSA) is 114 Å². The van der Waals surface area contributed by atoms with E-state index in [4.69, 9.17) is 0 Å². The molecule has 5 aromatic rings. The average molecular weight is 554 g/mol. The summed E-state index contributed by atoms with van der Waals surface area (Å²) in [6.45, 7) is 1.43. The van der Waals surface area contributed by atoms with Gasteiger partial charge >= 0.3 is 4.87 Å². The number of nitrogens with one attached hydrogen (secondary N) is 3. The highest BCUT2D eigenvalue weighted by Gasteiger charge is 2.17. The number of H-pyrrole nitrogens is 1. The minimum absolute atomic E-state index is 0.00753. The van der Waals surface area contributed by atoms with Crippen LogP contribution in [0, 0.1) is 0 Å². The standard InChI is InChI=1S/C32H31N3O4S/c36-27-15-14-25(31-30(27)35-32(39)40-31)28(37)20-34-29(38)17-21-8-7-9-22(16-21)18-33-19-26(23-10-3-1-4-11-23)24-12-5-2-6-13-24/h1-16,26,28,33,36-37H,17-20H2,(H,34,38)(H,35,39)/t28-/m0/s1. The van der Waals surface area contributed by atoms with Crippen LogP contribution in [-0.4, -0.2) is 34.2 Å². The lowest BCUT2D eigenvalue weighted by atomic mass is 9.91. The van der Waals surface area contributed by atoms with Crippen molar-refractivity contribution in [3.05, 3.63) is 135 Å². The number of amides is 1. The van der Waals surface area contributed by atoms with E-state index < -0.39 is 6.10 Å². The van der Waals surface area contributed by atoms with E-state index in [-0.39, 0.29) is 35.4 Å². The second-order valence-corrected chi connectivity index (χ2v) is 10.7. The van der Waals surface area contributed by atoms with Gasteiger partial charge in [0.25, 0.3) is 0 Å². The van der Waals surface area contributed by atoms with Gasteiger partial charge in [0.2, 0.25) is 5.91 Å². The number of phenols is 1. The Morgan fingerprint density at radius 2 is 1.52 bits per heavy atom. The number of aliphatic hydroxyl groups is 1. The van der Waals surface area contributed by atoms with Crippen LogP contribution in [0.25, 0.3) is 10.2 Å². The van der Waals surface area contributed by atoms with E-state index in [1.165, 1.54) is 17.2 Å². The number of hydrogen-bond donors (Lipinski definition) is 5. The zero-order chi connectivity index (χ0) is 27.9. The summed E-state index contributed by atoms with van der Waals surface area (Å²) in [6, 6.07) is 31.8. The fraction of sp³-hybridized carbons (Fsp3) is 0.188. The van der Waals surface area contributed by atoms with Crippen LogP contribution in [0.2, 0.25) is 0 Å². The summed E-state index contributed by atoms with van der Waals surface area (Å²) in [5, 5.41) is 27.0. The lowest BCUT2D eigenvalue weighted by Crippen LogP contribution is -2.29. The van der Waals surface area contributed by atoms with Crippen molar-refractivity contribution in [3.8, 4) is 5.75 Å². The first-order chi connectivity index (χ1) is 19.5. The average Bonchev–Trinajstić information content (AvgIpc) is 3.37. The molecule has 0 spiro atoms. The number of aromatic hydroxyl groups is 1. The fourth-order valence-corrected chi connectivity index (χ4v) is 5.80. The first kappa shape index (κ1) is 27.3. The lowest BCUT2D eigenvalue weighted by Gasteiger charge is -2.19. The maximum absolute atomic E-state index is 12.7. The first-order valence-corrected chi connectivity index (χ1v) is 14.0. The van der Waals surface area contributed by atoms with Crippen LogP contribution >= 0.6 is 11.3 Å². The van der Waals surface area contributed by atoms with Crippen LogP contribution in [-0.2, 0) is 17.8 Å².